The van der Waals surface area contributed by atoms with E-state index in [4.69, 9.17) is 9.51 Å². The second-order valence-corrected chi connectivity index (χ2v) is 8.84. The molecular formula is C21H28N4O2. The molecule has 3 heterocycles. The summed E-state index contributed by atoms with van der Waals surface area (Å²) >= 11 is 0. The molecule has 0 unspecified atom stereocenters. The quantitative estimate of drug-likeness (QED) is 0.883. The lowest BCUT2D eigenvalue weighted by atomic mass is 9.64. The molecule has 2 aromatic heterocycles. The monoisotopic (exact) mass is 368 g/mol. The molecule has 2 aromatic rings. The number of rotatable bonds is 4. The molecule has 1 saturated carbocycles. The van der Waals surface area contributed by atoms with Crippen LogP contribution in [0.5, 0.6) is 0 Å². The van der Waals surface area contributed by atoms with Gasteiger partial charge in [-0.2, -0.15) is 0 Å². The molecule has 6 heteroatoms. The first-order valence-electron chi connectivity index (χ1n) is 9.79. The van der Waals surface area contributed by atoms with Crippen LogP contribution in [0.25, 0.3) is 0 Å². The van der Waals surface area contributed by atoms with Gasteiger partial charge in [-0.25, -0.2) is 4.98 Å². The average Bonchev–Trinajstić information content (AvgIpc) is 2.99. The molecular weight excluding hydrogens is 340 g/mol. The van der Waals surface area contributed by atoms with Crippen LogP contribution < -0.4 is 10.2 Å². The Balaban J connectivity index is 1.51. The summed E-state index contributed by atoms with van der Waals surface area (Å²) in [6.07, 6.45) is 3.88. The van der Waals surface area contributed by atoms with Gasteiger partial charge in [-0.05, 0) is 56.6 Å². The maximum Gasteiger partial charge on any atom is 0.228 e. The van der Waals surface area contributed by atoms with E-state index in [1.54, 1.807) is 0 Å². The minimum Gasteiger partial charge on any atom is -0.362 e. The maximum absolute atomic E-state index is 12.5. The van der Waals surface area contributed by atoms with Crippen molar-refractivity contribution in [2.24, 2.45) is 11.3 Å². The molecule has 2 aliphatic rings. The van der Waals surface area contributed by atoms with Gasteiger partial charge in [0, 0.05) is 18.5 Å². The highest BCUT2D eigenvalue weighted by Crippen LogP contribution is 2.45. The molecule has 0 saturated heterocycles. The summed E-state index contributed by atoms with van der Waals surface area (Å²) < 4.78 is 5.38. The number of nitrogens with one attached hydrogen (secondary N) is 1. The normalized spacial score (nSPS) is 18.7. The predicted octanol–water partition coefficient (Wildman–Crippen LogP) is 4.01. The molecule has 1 aliphatic heterocycles. The van der Waals surface area contributed by atoms with E-state index >= 15 is 0 Å². The Morgan fingerprint density at radius 2 is 2.11 bits per heavy atom. The molecule has 144 valence electrons. The van der Waals surface area contributed by atoms with E-state index in [1.165, 1.54) is 0 Å². The Labute approximate surface area is 160 Å². The minimum atomic E-state index is 0.106. The number of fused-ring (bicyclic) bond motifs is 1. The molecule has 1 N–H and O–H groups in total. The Hall–Kier alpha value is -2.37. The molecule has 1 fully saturated rings. The Morgan fingerprint density at radius 1 is 1.33 bits per heavy atom. The van der Waals surface area contributed by atoms with Crippen LogP contribution in [0.4, 0.5) is 11.5 Å². The first-order chi connectivity index (χ1) is 12.8. The molecule has 0 spiro atoms. The SMILES string of the molecule is Cc1cc(CN2CCCc3nc(NC(=O)C4CC(C)(C)C4)c(C)cc32)on1. The third kappa shape index (κ3) is 3.70. The summed E-state index contributed by atoms with van der Waals surface area (Å²) in [5, 5.41) is 7.05. The van der Waals surface area contributed by atoms with Crippen molar-refractivity contribution in [2.75, 3.05) is 16.8 Å². The zero-order chi connectivity index (χ0) is 19.2. The fraction of sp³-hybridized carbons (Fsp3) is 0.571. The summed E-state index contributed by atoms with van der Waals surface area (Å²) in [5.41, 5.74) is 4.37. The largest absolute Gasteiger partial charge is 0.362 e. The van der Waals surface area contributed by atoms with Crippen LogP contribution in [-0.4, -0.2) is 22.6 Å². The molecule has 1 amide bonds. The van der Waals surface area contributed by atoms with Crippen molar-refractivity contribution in [1.29, 1.82) is 0 Å². The van der Waals surface area contributed by atoms with Crippen molar-refractivity contribution in [1.82, 2.24) is 10.1 Å². The van der Waals surface area contributed by atoms with Crippen LogP contribution in [0.3, 0.4) is 0 Å². The second-order valence-electron chi connectivity index (χ2n) is 8.84. The van der Waals surface area contributed by atoms with E-state index in [1.807, 2.05) is 19.9 Å². The Bertz CT molecular complexity index is 863. The van der Waals surface area contributed by atoms with Crippen molar-refractivity contribution >= 4 is 17.4 Å². The third-order valence-electron chi connectivity index (χ3n) is 5.69. The van der Waals surface area contributed by atoms with E-state index in [2.05, 4.69) is 35.3 Å². The molecule has 0 bridgehead atoms. The summed E-state index contributed by atoms with van der Waals surface area (Å²) in [4.78, 5) is 19.6. The van der Waals surface area contributed by atoms with Gasteiger partial charge in [0.25, 0.3) is 0 Å². The highest BCUT2D eigenvalue weighted by atomic mass is 16.5. The van der Waals surface area contributed by atoms with E-state index in [-0.39, 0.29) is 11.8 Å². The fourth-order valence-corrected chi connectivity index (χ4v) is 4.30. The lowest BCUT2D eigenvalue weighted by molar-refractivity contribution is -0.126. The summed E-state index contributed by atoms with van der Waals surface area (Å²) in [5.74, 6) is 1.79. The van der Waals surface area contributed by atoms with Gasteiger partial charge in [0.15, 0.2) is 5.76 Å². The number of hydrogen-bond acceptors (Lipinski definition) is 5. The lowest BCUT2D eigenvalue weighted by Gasteiger charge is -2.41. The van der Waals surface area contributed by atoms with Gasteiger partial charge in [0.1, 0.15) is 5.82 Å². The number of pyridine rings is 1. The number of carbonyl (C=O) groups excluding carboxylic acids is 1. The van der Waals surface area contributed by atoms with Gasteiger partial charge in [0.2, 0.25) is 5.91 Å². The van der Waals surface area contributed by atoms with Crippen molar-refractivity contribution in [3.63, 3.8) is 0 Å². The predicted molar refractivity (Wildman–Crippen MR) is 105 cm³/mol. The van der Waals surface area contributed by atoms with Gasteiger partial charge in [-0.15, -0.1) is 0 Å². The number of hydrogen-bond donors (Lipinski definition) is 1. The molecule has 6 nitrogen and oxygen atoms in total. The second kappa shape index (κ2) is 6.66. The zero-order valence-corrected chi connectivity index (χ0v) is 16.6. The van der Waals surface area contributed by atoms with E-state index in [9.17, 15) is 4.79 Å². The van der Waals surface area contributed by atoms with Crippen molar-refractivity contribution in [3.05, 3.63) is 34.8 Å². The van der Waals surface area contributed by atoms with Crippen LogP contribution in [0.15, 0.2) is 16.7 Å². The topological polar surface area (TPSA) is 71.3 Å². The molecule has 27 heavy (non-hydrogen) atoms. The number of nitrogens with zero attached hydrogens (tertiary/aromatic N) is 3. The molecule has 0 atom stereocenters. The first-order valence-corrected chi connectivity index (χ1v) is 9.79. The molecule has 4 rings (SSSR count). The number of aromatic nitrogens is 2. The van der Waals surface area contributed by atoms with Crippen molar-refractivity contribution in [3.8, 4) is 0 Å². The Morgan fingerprint density at radius 3 is 2.78 bits per heavy atom. The average molecular weight is 368 g/mol. The van der Waals surface area contributed by atoms with Crippen LogP contribution in [-0.2, 0) is 17.8 Å². The van der Waals surface area contributed by atoms with Crippen molar-refractivity contribution < 1.29 is 9.32 Å². The Kier molecular flexibility index (Phi) is 4.44. The van der Waals surface area contributed by atoms with Crippen LogP contribution >= 0.6 is 0 Å². The van der Waals surface area contributed by atoms with E-state index in [0.29, 0.717) is 17.8 Å². The first kappa shape index (κ1) is 18.0. The minimum absolute atomic E-state index is 0.106. The van der Waals surface area contributed by atoms with Crippen LogP contribution in [0.2, 0.25) is 0 Å². The molecule has 1 aliphatic carbocycles. The number of anilines is 2. The number of aryl methyl sites for hydroxylation is 3. The summed E-state index contributed by atoms with van der Waals surface area (Å²) in [6.45, 7) is 10.0. The zero-order valence-electron chi connectivity index (χ0n) is 16.6. The fourth-order valence-electron chi connectivity index (χ4n) is 4.30. The number of carbonyl (C=O) groups is 1. The highest BCUT2D eigenvalue weighted by molar-refractivity contribution is 5.93. The van der Waals surface area contributed by atoms with Crippen LogP contribution in [0, 0.1) is 25.2 Å². The van der Waals surface area contributed by atoms with Gasteiger partial charge < -0.3 is 14.7 Å². The number of amides is 1. The van der Waals surface area contributed by atoms with Crippen molar-refractivity contribution in [2.45, 2.75) is 59.9 Å². The molecule has 0 aromatic carbocycles. The smallest absolute Gasteiger partial charge is 0.228 e. The highest BCUT2D eigenvalue weighted by Gasteiger charge is 2.40. The van der Waals surface area contributed by atoms with Gasteiger partial charge in [-0.1, -0.05) is 19.0 Å². The lowest BCUT2D eigenvalue weighted by Crippen LogP contribution is -2.39. The summed E-state index contributed by atoms with van der Waals surface area (Å²) in [7, 11) is 0. The van der Waals surface area contributed by atoms with Gasteiger partial charge in [-0.3, -0.25) is 4.79 Å². The van der Waals surface area contributed by atoms with Crippen LogP contribution in [0.1, 0.15) is 55.8 Å². The summed E-state index contributed by atoms with van der Waals surface area (Å²) in [6, 6.07) is 4.12. The van der Waals surface area contributed by atoms with E-state index in [0.717, 1.165) is 60.6 Å². The van der Waals surface area contributed by atoms with Gasteiger partial charge >= 0.3 is 0 Å². The van der Waals surface area contributed by atoms with Gasteiger partial charge in [0.05, 0.1) is 23.6 Å². The van der Waals surface area contributed by atoms with E-state index < -0.39 is 0 Å². The molecule has 0 radical (unpaired) electrons. The standard InChI is InChI=1S/C21H28N4O2/c1-13-8-18-17(6-5-7-25(18)12-16-9-14(2)24-27-16)22-19(13)23-20(26)15-10-21(3,4)11-15/h8-9,15H,5-7,10-12H2,1-4H3,(H,22,23,26). The maximum atomic E-state index is 12.5. The third-order valence-corrected chi connectivity index (χ3v) is 5.69.